The number of hydrogen-bond acceptors (Lipinski definition) is 7. The molecule has 9 nitrogen and oxygen atoms in total. The molecule has 0 unspecified atom stereocenters. The van der Waals surface area contributed by atoms with Gasteiger partial charge in [0.2, 0.25) is 10.0 Å². The van der Waals surface area contributed by atoms with Gasteiger partial charge in [0.1, 0.15) is 12.4 Å². The van der Waals surface area contributed by atoms with Gasteiger partial charge in [-0.2, -0.15) is 4.31 Å². The van der Waals surface area contributed by atoms with Crippen LogP contribution in [0.25, 0.3) is 0 Å². The van der Waals surface area contributed by atoms with Gasteiger partial charge in [0.25, 0.3) is 5.91 Å². The molecule has 1 heterocycles. The zero-order chi connectivity index (χ0) is 32.4. The number of para-hydroxylation sites is 1. The Balaban J connectivity index is 1.18. The molecule has 0 aliphatic carbocycles. The van der Waals surface area contributed by atoms with Crippen molar-refractivity contribution in [2.75, 3.05) is 51.3 Å². The number of thiocarbonyl (C=S) groups is 1. The number of amides is 1. The van der Waals surface area contributed by atoms with Gasteiger partial charge in [-0.1, -0.05) is 72.8 Å². The molecule has 11 heteroatoms. The molecule has 1 aliphatic heterocycles. The van der Waals surface area contributed by atoms with E-state index >= 15 is 0 Å². The molecule has 0 saturated carbocycles. The number of hydrogen-bond donors (Lipinski definition) is 2. The van der Waals surface area contributed by atoms with Gasteiger partial charge in [0.15, 0.2) is 5.11 Å². The van der Waals surface area contributed by atoms with E-state index in [0.717, 1.165) is 0 Å². The Morgan fingerprint density at radius 1 is 0.804 bits per heavy atom. The second kappa shape index (κ2) is 15.9. The van der Waals surface area contributed by atoms with Gasteiger partial charge in [-0.25, -0.2) is 8.42 Å². The number of sulfonamides is 1. The molecule has 0 aromatic heterocycles. The van der Waals surface area contributed by atoms with Crippen LogP contribution >= 0.6 is 12.2 Å². The number of nitrogens with zero attached hydrogens (tertiary/aromatic N) is 2. The van der Waals surface area contributed by atoms with Crippen LogP contribution in [0.15, 0.2) is 114 Å². The first-order chi connectivity index (χ1) is 22.4. The zero-order valence-electron chi connectivity index (χ0n) is 25.7. The highest BCUT2D eigenvalue weighted by atomic mass is 32.2. The smallest absolute Gasteiger partial charge is 0.261 e. The van der Waals surface area contributed by atoms with E-state index in [1.807, 2.05) is 43.3 Å². The van der Waals surface area contributed by atoms with E-state index < -0.39 is 15.9 Å². The third-order valence-corrected chi connectivity index (χ3v) is 9.78. The minimum Gasteiger partial charge on any atom is -0.490 e. The number of rotatable bonds is 12. The van der Waals surface area contributed by atoms with Gasteiger partial charge in [0, 0.05) is 38.5 Å². The first-order valence-electron chi connectivity index (χ1n) is 15.2. The summed E-state index contributed by atoms with van der Waals surface area (Å²) in [6, 6.07) is 33.9. The molecule has 4 aromatic rings. The number of piperazine rings is 1. The summed E-state index contributed by atoms with van der Waals surface area (Å²) in [5.74, 6) is -0.00170. The van der Waals surface area contributed by atoms with E-state index in [-0.39, 0.29) is 16.0 Å². The highest BCUT2D eigenvalue weighted by Crippen LogP contribution is 2.30. The molecule has 1 saturated heterocycles. The van der Waals surface area contributed by atoms with Crippen LogP contribution in [0.2, 0.25) is 0 Å². The predicted octanol–water partition coefficient (Wildman–Crippen LogP) is 5.32. The lowest BCUT2D eigenvalue weighted by Gasteiger charge is -2.39. The van der Waals surface area contributed by atoms with Gasteiger partial charge < -0.3 is 14.8 Å². The normalized spacial score (nSPS) is 14.1. The van der Waals surface area contributed by atoms with Crippen LogP contribution in [-0.4, -0.2) is 74.6 Å². The Labute approximate surface area is 276 Å². The minimum absolute atomic E-state index is 0.0448. The first kappa shape index (κ1) is 33.2. The van der Waals surface area contributed by atoms with Crippen molar-refractivity contribution in [2.45, 2.75) is 17.9 Å². The van der Waals surface area contributed by atoms with E-state index in [0.29, 0.717) is 63.0 Å². The molecule has 4 aromatic carbocycles. The van der Waals surface area contributed by atoms with Gasteiger partial charge in [-0.3, -0.25) is 15.0 Å². The summed E-state index contributed by atoms with van der Waals surface area (Å²) >= 11 is 5.35. The molecule has 0 radical (unpaired) electrons. The quantitative estimate of drug-likeness (QED) is 0.156. The topological polar surface area (TPSA) is 100 Å². The lowest BCUT2D eigenvalue weighted by Crippen LogP contribution is -2.49. The molecule has 1 aliphatic rings. The van der Waals surface area contributed by atoms with Gasteiger partial charge >= 0.3 is 0 Å². The molecule has 0 atom stereocenters. The summed E-state index contributed by atoms with van der Waals surface area (Å²) < 4.78 is 39.7. The Morgan fingerprint density at radius 3 is 2.00 bits per heavy atom. The lowest BCUT2D eigenvalue weighted by molar-refractivity contribution is 0.0958. The number of carbonyl (C=O) groups is 1. The molecule has 1 fully saturated rings. The van der Waals surface area contributed by atoms with Crippen molar-refractivity contribution in [1.29, 1.82) is 0 Å². The van der Waals surface area contributed by atoms with Crippen molar-refractivity contribution in [3.63, 3.8) is 0 Å². The highest BCUT2D eigenvalue weighted by molar-refractivity contribution is 7.89. The average molecular weight is 659 g/mol. The number of benzene rings is 4. The van der Waals surface area contributed by atoms with E-state index in [2.05, 4.69) is 39.8 Å². The number of ether oxygens (including phenoxy) is 2. The lowest BCUT2D eigenvalue weighted by atomic mass is 9.96. The maximum atomic E-state index is 13.6. The molecule has 1 amide bonds. The van der Waals surface area contributed by atoms with Crippen molar-refractivity contribution in [3.05, 3.63) is 126 Å². The van der Waals surface area contributed by atoms with Crippen LogP contribution in [0.3, 0.4) is 0 Å². The molecule has 240 valence electrons. The molecule has 2 N–H and O–H groups in total. The van der Waals surface area contributed by atoms with Crippen molar-refractivity contribution >= 4 is 38.9 Å². The monoisotopic (exact) mass is 658 g/mol. The van der Waals surface area contributed by atoms with Crippen molar-refractivity contribution in [1.82, 2.24) is 14.5 Å². The van der Waals surface area contributed by atoms with Crippen LogP contribution in [0.1, 0.15) is 34.5 Å². The summed E-state index contributed by atoms with van der Waals surface area (Å²) in [5, 5.41) is 5.69. The highest BCUT2D eigenvalue weighted by Gasteiger charge is 2.32. The van der Waals surface area contributed by atoms with Crippen molar-refractivity contribution in [3.8, 4) is 5.75 Å². The summed E-state index contributed by atoms with van der Waals surface area (Å²) in [6.07, 6.45) is 0. The van der Waals surface area contributed by atoms with Crippen molar-refractivity contribution in [2.24, 2.45) is 0 Å². The van der Waals surface area contributed by atoms with E-state index in [1.54, 1.807) is 48.5 Å². The zero-order valence-corrected chi connectivity index (χ0v) is 27.3. The maximum Gasteiger partial charge on any atom is 0.261 e. The Bertz CT molecular complexity index is 1660. The van der Waals surface area contributed by atoms with Crippen LogP contribution in [0.4, 0.5) is 5.69 Å². The average Bonchev–Trinajstić information content (AvgIpc) is 3.08. The second-order valence-corrected chi connectivity index (χ2v) is 13.0. The number of anilines is 1. The van der Waals surface area contributed by atoms with Crippen molar-refractivity contribution < 1.29 is 22.7 Å². The molecule has 5 rings (SSSR count). The summed E-state index contributed by atoms with van der Waals surface area (Å²) in [4.78, 5) is 15.4. The second-order valence-electron chi connectivity index (χ2n) is 10.6. The Kier molecular flexibility index (Phi) is 11.5. The molecular weight excluding hydrogens is 621 g/mol. The fourth-order valence-corrected chi connectivity index (χ4v) is 7.05. The molecule has 46 heavy (non-hydrogen) atoms. The number of nitrogens with one attached hydrogen (secondary N) is 2. The molecule has 0 bridgehead atoms. The van der Waals surface area contributed by atoms with Gasteiger partial charge in [-0.15, -0.1) is 0 Å². The summed E-state index contributed by atoms with van der Waals surface area (Å²) in [5.41, 5.74) is 3.24. The fraction of sp³-hybridized carbons (Fsp3) is 0.257. The fourth-order valence-electron chi connectivity index (χ4n) is 5.41. The van der Waals surface area contributed by atoms with E-state index in [4.69, 9.17) is 21.7 Å². The van der Waals surface area contributed by atoms with Crippen LogP contribution in [0.5, 0.6) is 5.75 Å². The van der Waals surface area contributed by atoms with E-state index in [9.17, 15) is 13.2 Å². The molecule has 0 spiro atoms. The van der Waals surface area contributed by atoms with Crippen LogP contribution in [0, 0.1) is 0 Å². The van der Waals surface area contributed by atoms with Gasteiger partial charge in [0.05, 0.1) is 23.1 Å². The van der Waals surface area contributed by atoms with E-state index in [1.165, 1.54) is 15.4 Å². The SMILES string of the molecule is CCOCCOc1ccccc1C(=O)NC(=S)Nc1ccc(S(=O)(=O)N2CCN(C(c3ccccc3)c3ccccc3)CC2)cc1. The standard InChI is InChI=1S/C35H38N4O5S2/c1-2-43-25-26-44-32-16-10-9-15-31(32)34(40)37-35(45)36-29-17-19-30(20-18-29)46(41,42)39-23-21-38(22-24-39)33(27-11-5-3-6-12-27)28-13-7-4-8-14-28/h3-20,33H,2,21-26H2,1H3,(H2,36,37,40,45). The number of carbonyl (C=O) groups excluding carboxylic acids is 1. The third-order valence-electron chi connectivity index (χ3n) is 7.67. The summed E-state index contributed by atoms with van der Waals surface area (Å²) in [7, 11) is -3.70. The summed E-state index contributed by atoms with van der Waals surface area (Å²) in [6.45, 7) is 5.17. The van der Waals surface area contributed by atoms with Crippen LogP contribution < -0.4 is 15.4 Å². The Morgan fingerprint density at radius 2 is 1.39 bits per heavy atom. The first-order valence-corrected chi connectivity index (χ1v) is 17.1. The third kappa shape index (κ3) is 8.36. The van der Waals surface area contributed by atoms with Crippen LogP contribution in [-0.2, 0) is 14.8 Å². The minimum atomic E-state index is -3.70. The maximum absolute atomic E-state index is 13.6. The largest absolute Gasteiger partial charge is 0.490 e. The Hall–Kier alpha value is -4.13. The predicted molar refractivity (Wildman–Crippen MR) is 184 cm³/mol. The molecular formula is C35H38N4O5S2. The van der Waals surface area contributed by atoms with Gasteiger partial charge in [-0.05, 0) is 66.7 Å².